The van der Waals surface area contributed by atoms with E-state index in [1.165, 1.54) is 46.6 Å². The van der Waals surface area contributed by atoms with Gasteiger partial charge in [0.2, 0.25) is 10.0 Å². The molecule has 0 radical (unpaired) electrons. The second kappa shape index (κ2) is 8.30. The highest BCUT2D eigenvalue weighted by molar-refractivity contribution is 7.89. The van der Waals surface area contributed by atoms with Crippen molar-refractivity contribution in [2.75, 3.05) is 26.2 Å². The van der Waals surface area contributed by atoms with Gasteiger partial charge in [-0.25, -0.2) is 13.1 Å². The number of aryl methyl sites for hydroxylation is 2. The summed E-state index contributed by atoms with van der Waals surface area (Å²) in [5, 5.41) is 7.20. The van der Waals surface area contributed by atoms with Gasteiger partial charge in [0, 0.05) is 37.9 Å². The predicted octanol–water partition coefficient (Wildman–Crippen LogP) is 2.64. The highest BCUT2D eigenvalue weighted by Crippen LogP contribution is 2.28. The molecule has 0 spiro atoms. The Kier molecular flexibility index (Phi) is 5.78. The molecule has 1 aromatic carbocycles. The van der Waals surface area contributed by atoms with Gasteiger partial charge in [0.05, 0.1) is 5.69 Å². The first-order valence-corrected chi connectivity index (χ1v) is 11.4. The van der Waals surface area contributed by atoms with Crippen LogP contribution < -0.4 is 0 Å². The maximum atomic E-state index is 12.9. The number of aromatic nitrogens is 3. The van der Waals surface area contributed by atoms with E-state index in [1.54, 1.807) is 6.92 Å². The minimum absolute atomic E-state index is 0.0465. The molecule has 0 aliphatic carbocycles. The highest BCUT2D eigenvalue weighted by atomic mass is 32.2. The molecular formula is C20H20F3N5O4S. The quantitative estimate of drug-likeness (QED) is 0.566. The topological polar surface area (TPSA) is 102 Å². The van der Waals surface area contributed by atoms with Crippen LogP contribution in [0.4, 0.5) is 13.2 Å². The predicted molar refractivity (Wildman–Crippen MR) is 109 cm³/mol. The second-order valence-electron chi connectivity index (χ2n) is 7.54. The monoisotopic (exact) mass is 483 g/mol. The average molecular weight is 483 g/mol. The van der Waals surface area contributed by atoms with Gasteiger partial charge in [-0.05, 0) is 44.2 Å². The number of benzene rings is 1. The molecule has 33 heavy (non-hydrogen) atoms. The number of hydrogen-bond donors (Lipinski definition) is 0. The van der Waals surface area contributed by atoms with Crippen molar-refractivity contribution in [3.05, 3.63) is 59.2 Å². The number of carbonyl (C=O) groups is 1. The van der Waals surface area contributed by atoms with Crippen molar-refractivity contribution in [2.24, 2.45) is 0 Å². The molecular weight excluding hydrogens is 463 g/mol. The van der Waals surface area contributed by atoms with Crippen LogP contribution in [0.15, 0.2) is 45.9 Å². The summed E-state index contributed by atoms with van der Waals surface area (Å²) in [6.45, 7) is 3.70. The van der Waals surface area contributed by atoms with Crippen LogP contribution in [-0.4, -0.2) is 64.6 Å². The minimum Gasteiger partial charge on any atom is -0.360 e. The zero-order chi connectivity index (χ0) is 24.0. The molecule has 3 heterocycles. The molecule has 2 aromatic heterocycles. The molecule has 1 aliphatic heterocycles. The smallest absolute Gasteiger partial charge is 0.360 e. The molecule has 9 nitrogen and oxygen atoms in total. The molecule has 3 aromatic rings. The number of sulfonamides is 1. The number of hydrogen-bond acceptors (Lipinski definition) is 6. The third-order valence-electron chi connectivity index (χ3n) is 5.35. The first-order chi connectivity index (χ1) is 15.5. The molecule has 0 saturated carbocycles. The fourth-order valence-electron chi connectivity index (χ4n) is 3.66. The van der Waals surface area contributed by atoms with Crippen LogP contribution >= 0.6 is 0 Å². The molecule has 1 amide bonds. The van der Waals surface area contributed by atoms with Gasteiger partial charge in [0.15, 0.2) is 11.5 Å². The molecule has 176 valence electrons. The number of rotatable bonds is 4. The van der Waals surface area contributed by atoms with Crippen LogP contribution in [0.1, 0.15) is 27.5 Å². The fourth-order valence-corrected chi connectivity index (χ4v) is 5.38. The number of halogens is 3. The first kappa shape index (κ1) is 23.0. The van der Waals surface area contributed by atoms with E-state index in [0.29, 0.717) is 11.3 Å². The van der Waals surface area contributed by atoms with Gasteiger partial charge in [-0.3, -0.25) is 4.79 Å². The highest BCUT2D eigenvalue weighted by Gasteiger charge is 2.35. The zero-order valence-electron chi connectivity index (χ0n) is 17.7. The lowest BCUT2D eigenvalue weighted by atomic mass is 10.1. The van der Waals surface area contributed by atoms with E-state index in [1.807, 2.05) is 0 Å². The van der Waals surface area contributed by atoms with Crippen molar-refractivity contribution >= 4 is 15.9 Å². The Morgan fingerprint density at radius 3 is 2.18 bits per heavy atom. The summed E-state index contributed by atoms with van der Waals surface area (Å²) in [5.74, 6) is -0.0852. The lowest BCUT2D eigenvalue weighted by Gasteiger charge is -2.34. The second-order valence-corrected chi connectivity index (χ2v) is 9.41. The van der Waals surface area contributed by atoms with Crippen LogP contribution in [0.25, 0.3) is 5.69 Å². The van der Waals surface area contributed by atoms with Crippen molar-refractivity contribution in [3.8, 4) is 5.69 Å². The maximum Gasteiger partial charge on any atom is 0.435 e. The maximum absolute atomic E-state index is 12.9. The third-order valence-corrected chi connectivity index (χ3v) is 7.49. The Labute approximate surface area is 187 Å². The summed E-state index contributed by atoms with van der Waals surface area (Å²) < 4.78 is 71.4. The SMILES string of the molecule is Cc1noc(C)c1S(=O)(=O)N1CCN(C(=O)c2ccc(-n3ccc(C(F)(F)F)n3)cc2)CC1. The Morgan fingerprint density at radius 1 is 1.03 bits per heavy atom. The Balaban J connectivity index is 1.42. The van der Waals surface area contributed by atoms with Crippen LogP contribution in [-0.2, 0) is 16.2 Å². The van der Waals surface area contributed by atoms with Gasteiger partial charge in [0.25, 0.3) is 5.91 Å². The summed E-state index contributed by atoms with van der Waals surface area (Å²) in [5.41, 5.74) is -0.0147. The first-order valence-electron chi connectivity index (χ1n) is 9.94. The van der Waals surface area contributed by atoms with Gasteiger partial charge in [0.1, 0.15) is 10.6 Å². The van der Waals surface area contributed by atoms with Gasteiger partial charge in [-0.1, -0.05) is 5.16 Å². The van der Waals surface area contributed by atoms with Crippen molar-refractivity contribution in [1.82, 2.24) is 24.1 Å². The summed E-state index contributed by atoms with van der Waals surface area (Å²) in [7, 11) is -3.79. The molecule has 0 unspecified atom stereocenters. The number of nitrogens with zero attached hydrogens (tertiary/aromatic N) is 5. The van der Waals surface area contributed by atoms with E-state index in [-0.39, 0.29) is 48.4 Å². The Hall–Kier alpha value is -3.19. The normalized spacial score (nSPS) is 15.7. The fraction of sp³-hybridized carbons (Fsp3) is 0.350. The molecule has 1 aliphatic rings. The largest absolute Gasteiger partial charge is 0.435 e. The van der Waals surface area contributed by atoms with E-state index in [0.717, 1.165) is 10.7 Å². The average Bonchev–Trinajstić information content (AvgIpc) is 3.40. The molecule has 1 saturated heterocycles. The van der Waals surface area contributed by atoms with Crippen LogP contribution in [0, 0.1) is 13.8 Å². The minimum atomic E-state index is -4.54. The van der Waals surface area contributed by atoms with Crippen molar-refractivity contribution in [1.29, 1.82) is 0 Å². The van der Waals surface area contributed by atoms with Gasteiger partial charge >= 0.3 is 6.18 Å². The Bertz CT molecular complexity index is 1250. The Morgan fingerprint density at radius 2 is 1.67 bits per heavy atom. The van der Waals surface area contributed by atoms with E-state index in [9.17, 15) is 26.4 Å². The molecule has 0 bridgehead atoms. The summed E-state index contributed by atoms with van der Waals surface area (Å²) in [6.07, 6.45) is -3.35. The van der Waals surface area contributed by atoms with Gasteiger partial charge in [-0.2, -0.15) is 22.6 Å². The van der Waals surface area contributed by atoms with Crippen LogP contribution in [0.2, 0.25) is 0 Å². The lowest BCUT2D eigenvalue weighted by Crippen LogP contribution is -2.50. The number of alkyl halides is 3. The number of amides is 1. The third kappa shape index (κ3) is 4.37. The molecule has 0 atom stereocenters. The van der Waals surface area contributed by atoms with E-state index in [4.69, 9.17) is 4.52 Å². The molecule has 0 N–H and O–H groups in total. The zero-order valence-corrected chi connectivity index (χ0v) is 18.5. The van der Waals surface area contributed by atoms with E-state index in [2.05, 4.69) is 10.3 Å². The number of piperazine rings is 1. The summed E-state index contributed by atoms with van der Waals surface area (Å²) in [6, 6.07) is 6.87. The summed E-state index contributed by atoms with van der Waals surface area (Å²) in [4.78, 5) is 14.4. The van der Waals surface area contributed by atoms with Crippen LogP contribution in [0.5, 0.6) is 0 Å². The molecule has 4 rings (SSSR count). The lowest BCUT2D eigenvalue weighted by molar-refractivity contribution is -0.141. The molecule has 13 heteroatoms. The summed E-state index contributed by atoms with van der Waals surface area (Å²) >= 11 is 0. The van der Waals surface area contributed by atoms with E-state index >= 15 is 0 Å². The van der Waals surface area contributed by atoms with Crippen LogP contribution in [0.3, 0.4) is 0 Å². The van der Waals surface area contributed by atoms with Crippen molar-refractivity contribution < 1.29 is 30.9 Å². The number of carbonyl (C=O) groups excluding carboxylic acids is 1. The van der Waals surface area contributed by atoms with Crippen molar-refractivity contribution in [3.63, 3.8) is 0 Å². The van der Waals surface area contributed by atoms with E-state index < -0.39 is 21.9 Å². The molecule has 1 fully saturated rings. The van der Waals surface area contributed by atoms with Crippen molar-refractivity contribution in [2.45, 2.75) is 24.9 Å². The van der Waals surface area contributed by atoms with Gasteiger partial charge in [-0.15, -0.1) is 0 Å². The van der Waals surface area contributed by atoms with Gasteiger partial charge < -0.3 is 9.42 Å². The standard InChI is InChI=1S/C20H20F3N5O4S/c1-13-18(14(2)32-25-13)33(30,31)27-11-9-26(10-12-27)19(29)15-3-5-16(6-4-15)28-8-7-17(24-28)20(21,22)23/h3-8H,9-12H2,1-2H3.